The molecule has 13 heteroatoms. The Hall–Kier alpha value is -3.48. The van der Waals surface area contributed by atoms with Crippen LogP contribution in [-0.2, 0) is 30.4 Å². The zero-order valence-corrected chi connectivity index (χ0v) is 17.5. The Morgan fingerprint density at radius 3 is 2.13 bits per heavy atom. The Bertz CT molecular complexity index is 795. The second-order valence-corrected chi connectivity index (χ2v) is 7.41. The van der Waals surface area contributed by atoms with Gasteiger partial charge in [-0.15, -0.1) is 0 Å². The number of carboxylic acids is 1. The quantitative estimate of drug-likeness (QED) is 0.182. The van der Waals surface area contributed by atoms with E-state index in [1.54, 1.807) is 13.8 Å². The fourth-order valence-electron chi connectivity index (χ4n) is 2.47. The largest absolute Gasteiger partial charge is 0.480 e. The Labute approximate surface area is 178 Å². The first-order valence-electron chi connectivity index (χ1n) is 9.57. The Morgan fingerprint density at radius 1 is 1.03 bits per heavy atom. The van der Waals surface area contributed by atoms with Crippen molar-refractivity contribution in [2.45, 2.75) is 57.8 Å². The molecular formula is C18H29N7O6. The molecule has 4 amide bonds. The first kappa shape index (κ1) is 25.6. The van der Waals surface area contributed by atoms with Crippen LogP contribution in [0.4, 0.5) is 0 Å². The molecule has 13 nitrogen and oxygen atoms in total. The molecule has 0 aliphatic heterocycles. The molecule has 1 heterocycles. The van der Waals surface area contributed by atoms with Crippen LogP contribution in [0.25, 0.3) is 0 Å². The van der Waals surface area contributed by atoms with E-state index in [4.69, 9.17) is 16.6 Å². The minimum Gasteiger partial charge on any atom is -0.480 e. The van der Waals surface area contributed by atoms with Gasteiger partial charge in [0, 0.05) is 18.3 Å². The fourth-order valence-corrected chi connectivity index (χ4v) is 2.47. The van der Waals surface area contributed by atoms with Crippen molar-refractivity contribution in [3.8, 4) is 0 Å². The van der Waals surface area contributed by atoms with E-state index in [9.17, 15) is 24.0 Å². The number of aliphatic carboxylic acids is 1. The van der Waals surface area contributed by atoms with Gasteiger partial charge in [0.15, 0.2) is 0 Å². The van der Waals surface area contributed by atoms with E-state index in [-0.39, 0.29) is 12.3 Å². The number of aromatic amines is 1. The van der Waals surface area contributed by atoms with Crippen LogP contribution in [0.5, 0.6) is 0 Å². The lowest BCUT2D eigenvalue weighted by Gasteiger charge is -2.24. The highest BCUT2D eigenvalue weighted by molar-refractivity contribution is 5.94. The van der Waals surface area contributed by atoms with E-state index in [1.165, 1.54) is 19.4 Å². The molecule has 0 saturated carbocycles. The zero-order chi connectivity index (χ0) is 23.7. The molecule has 4 unspecified atom stereocenters. The van der Waals surface area contributed by atoms with Crippen LogP contribution in [-0.4, -0.2) is 68.8 Å². The SMILES string of the molecule is CC(NC(=O)C(Cc1cnc[nH]1)NC(=O)C(N)C(C)C)C(=O)NC(CC(N)=O)C(=O)O. The molecule has 9 N–H and O–H groups in total. The molecule has 31 heavy (non-hydrogen) atoms. The smallest absolute Gasteiger partial charge is 0.326 e. The minimum absolute atomic E-state index is 0.0517. The van der Waals surface area contributed by atoms with Crippen molar-refractivity contribution in [3.05, 3.63) is 18.2 Å². The number of primary amides is 1. The number of nitrogens with zero attached hydrogens (tertiary/aromatic N) is 1. The highest BCUT2D eigenvalue weighted by atomic mass is 16.4. The van der Waals surface area contributed by atoms with Gasteiger partial charge in [-0.3, -0.25) is 19.2 Å². The maximum atomic E-state index is 12.7. The number of aromatic nitrogens is 2. The third-order valence-corrected chi connectivity index (χ3v) is 4.40. The summed E-state index contributed by atoms with van der Waals surface area (Å²) in [5.74, 6) is -4.60. The van der Waals surface area contributed by atoms with Gasteiger partial charge in [-0.05, 0) is 12.8 Å². The zero-order valence-electron chi connectivity index (χ0n) is 17.5. The lowest BCUT2D eigenvalue weighted by molar-refractivity contribution is -0.143. The number of carbonyl (C=O) groups is 5. The van der Waals surface area contributed by atoms with E-state index in [1.807, 2.05) is 0 Å². The molecular weight excluding hydrogens is 410 g/mol. The van der Waals surface area contributed by atoms with Crippen molar-refractivity contribution < 1.29 is 29.1 Å². The molecule has 0 aromatic carbocycles. The molecule has 1 aromatic heterocycles. The van der Waals surface area contributed by atoms with Gasteiger partial charge >= 0.3 is 5.97 Å². The van der Waals surface area contributed by atoms with Gasteiger partial charge in [-0.2, -0.15) is 0 Å². The van der Waals surface area contributed by atoms with E-state index in [2.05, 4.69) is 25.9 Å². The molecule has 172 valence electrons. The van der Waals surface area contributed by atoms with Gasteiger partial charge in [0.1, 0.15) is 18.1 Å². The third kappa shape index (κ3) is 8.42. The van der Waals surface area contributed by atoms with Gasteiger partial charge in [0.2, 0.25) is 23.6 Å². The predicted molar refractivity (Wildman–Crippen MR) is 108 cm³/mol. The van der Waals surface area contributed by atoms with Crippen LogP contribution >= 0.6 is 0 Å². The summed E-state index contributed by atoms with van der Waals surface area (Å²) in [5, 5.41) is 16.2. The number of carboxylic acid groups (broad SMARTS) is 1. The average Bonchev–Trinajstić information content (AvgIpc) is 3.18. The molecule has 0 aliphatic rings. The number of rotatable bonds is 12. The Kier molecular flexibility index (Phi) is 9.60. The topological polar surface area (TPSA) is 222 Å². The van der Waals surface area contributed by atoms with Crippen molar-refractivity contribution >= 4 is 29.6 Å². The van der Waals surface area contributed by atoms with Gasteiger partial charge in [0.25, 0.3) is 0 Å². The summed E-state index contributed by atoms with van der Waals surface area (Å²) in [6.07, 6.45) is 2.34. The van der Waals surface area contributed by atoms with Crippen LogP contribution in [0.3, 0.4) is 0 Å². The summed E-state index contributed by atoms with van der Waals surface area (Å²) in [4.78, 5) is 66.2. The predicted octanol–water partition coefficient (Wildman–Crippen LogP) is -2.63. The van der Waals surface area contributed by atoms with Crippen molar-refractivity contribution in [3.63, 3.8) is 0 Å². The van der Waals surface area contributed by atoms with Crippen molar-refractivity contribution in [2.75, 3.05) is 0 Å². The van der Waals surface area contributed by atoms with Crippen LogP contribution in [0, 0.1) is 5.92 Å². The van der Waals surface area contributed by atoms with Crippen molar-refractivity contribution in [1.29, 1.82) is 0 Å². The molecule has 0 spiro atoms. The number of carbonyl (C=O) groups excluding carboxylic acids is 4. The fraction of sp³-hybridized carbons (Fsp3) is 0.556. The monoisotopic (exact) mass is 439 g/mol. The van der Waals surface area contributed by atoms with E-state index in [0.717, 1.165) is 0 Å². The molecule has 0 aliphatic carbocycles. The van der Waals surface area contributed by atoms with E-state index < -0.39 is 60.2 Å². The molecule has 0 radical (unpaired) electrons. The number of hydrogen-bond acceptors (Lipinski definition) is 7. The number of hydrogen-bond donors (Lipinski definition) is 7. The maximum absolute atomic E-state index is 12.7. The number of nitrogens with one attached hydrogen (secondary N) is 4. The van der Waals surface area contributed by atoms with Gasteiger partial charge in [-0.1, -0.05) is 13.8 Å². The lowest BCUT2D eigenvalue weighted by Crippen LogP contribution is -2.57. The van der Waals surface area contributed by atoms with Crippen LogP contribution in [0.1, 0.15) is 32.9 Å². The summed E-state index contributed by atoms with van der Waals surface area (Å²) >= 11 is 0. The highest BCUT2D eigenvalue weighted by Crippen LogP contribution is 2.04. The number of imidazole rings is 1. The average molecular weight is 439 g/mol. The second-order valence-electron chi connectivity index (χ2n) is 7.41. The molecule has 1 rings (SSSR count). The van der Waals surface area contributed by atoms with Crippen molar-refractivity contribution in [2.24, 2.45) is 17.4 Å². The summed E-state index contributed by atoms with van der Waals surface area (Å²) in [6, 6.07) is -4.62. The molecule has 0 fully saturated rings. The third-order valence-electron chi connectivity index (χ3n) is 4.40. The second kappa shape index (κ2) is 11.6. The van der Waals surface area contributed by atoms with Crippen LogP contribution < -0.4 is 27.4 Å². The summed E-state index contributed by atoms with van der Waals surface area (Å²) < 4.78 is 0. The Morgan fingerprint density at radius 2 is 1.65 bits per heavy atom. The van der Waals surface area contributed by atoms with Crippen LogP contribution in [0.15, 0.2) is 12.5 Å². The Balaban J connectivity index is 2.85. The number of amides is 4. The van der Waals surface area contributed by atoms with E-state index in [0.29, 0.717) is 5.69 Å². The lowest BCUT2D eigenvalue weighted by atomic mass is 10.0. The highest BCUT2D eigenvalue weighted by Gasteiger charge is 2.29. The molecule has 0 bridgehead atoms. The number of H-pyrrole nitrogens is 1. The number of nitrogens with two attached hydrogens (primary N) is 2. The van der Waals surface area contributed by atoms with E-state index >= 15 is 0 Å². The van der Waals surface area contributed by atoms with Crippen LogP contribution in [0.2, 0.25) is 0 Å². The summed E-state index contributed by atoms with van der Waals surface area (Å²) in [7, 11) is 0. The molecule has 0 saturated heterocycles. The molecule has 4 atom stereocenters. The first-order valence-corrected chi connectivity index (χ1v) is 9.57. The standard InChI is InChI=1S/C18H29N7O6/c1-8(2)14(20)17(29)24-11(4-10-6-21-7-22-10)16(28)23-9(3)15(27)25-12(18(30)31)5-13(19)26/h6-9,11-12,14H,4-5,20H2,1-3H3,(H2,19,26)(H,21,22)(H,23,28)(H,24,29)(H,25,27)(H,30,31). The van der Waals surface area contributed by atoms with Gasteiger partial charge in [-0.25, -0.2) is 9.78 Å². The van der Waals surface area contributed by atoms with Gasteiger partial charge in [0.05, 0.1) is 18.8 Å². The normalized spacial score (nSPS) is 14.7. The summed E-state index contributed by atoms with van der Waals surface area (Å²) in [6.45, 7) is 4.84. The minimum atomic E-state index is -1.53. The van der Waals surface area contributed by atoms with Crippen molar-refractivity contribution in [1.82, 2.24) is 25.9 Å². The maximum Gasteiger partial charge on any atom is 0.326 e. The van der Waals surface area contributed by atoms with Gasteiger partial charge < -0.3 is 37.5 Å². The first-order chi connectivity index (χ1) is 14.4. The summed E-state index contributed by atoms with van der Waals surface area (Å²) in [5.41, 5.74) is 11.4. The molecule has 1 aromatic rings.